The van der Waals surface area contributed by atoms with Crippen LogP contribution in [0.5, 0.6) is 0 Å². The summed E-state index contributed by atoms with van der Waals surface area (Å²) in [5.41, 5.74) is 2.22. The zero-order valence-electron chi connectivity index (χ0n) is 20.5. The molecule has 0 saturated heterocycles. The zero-order valence-corrected chi connectivity index (χ0v) is 22.1. The summed E-state index contributed by atoms with van der Waals surface area (Å²) in [5, 5.41) is 14.5. The Labute approximate surface area is 218 Å². The number of thiazole rings is 1. The number of anilines is 2. The molecule has 2 amide bonds. The topological polar surface area (TPSA) is 167 Å². The number of nitrogens with one attached hydrogen (secondary N) is 4. The highest BCUT2D eigenvalue weighted by Gasteiger charge is 2.26. The number of H-pyrrole nitrogens is 1. The number of aromatic nitrogens is 3. The summed E-state index contributed by atoms with van der Waals surface area (Å²) >= 11 is 1.08. The number of aryl methyl sites for hydroxylation is 1. The van der Waals surface area contributed by atoms with Gasteiger partial charge in [0.25, 0.3) is 0 Å². The second-order valence-corrected chi connectivity index (χ2v) is 11.5. The Morgan fingerprint density at radius 3 is 2.73 bits per heavy atom. The highest BCUT2D eigenvalue weighted by atomic mass is 32.2. The van der Waals surface area contributed by atoms with Gasteiger partial charge in [0.2, 0.25) is 20.9 Å². The molecule has 1 saturated carbocycles. The van der Waals surface area contributed by atoms with Crippen LogP contribution in [0.15, 0.2) is 34.9 Å². The van der Waals surface area contributed by atoms with Crippen LogP contribution in [0.4, 0.5) is 15.6 Å². The van der Waals surface area contributed by atoms with Crippen LogP contribution in [0.2, 0.25) is 0 Å². The number of carbonyl (C=O) groups excluding carboxylic acids is 2. The maximum Gasteiger partial charge on any atom is 0.325 e. The number of ketones is 1. The molecule has 0 radical (unpaired) electrons. The van der Waals surface area contributed by atoms with Crippen LogP contribution < -0.4 is 10.6 Å². The minimum atomic E-state index is -3.87. The van der Waals surface area contributed by atoms with Gasteiger partial charge in [-0.15, -0.1) is 11.3 Å². The van der Waals surface area contributed by atoms with Gasteiger partial charge in [0, 0.05) is 16.9 Å². The number of nitrogens with zero attached hydrogens (tertiary/aromatic N) is 2. The van der Waals surface area contributed by atoms with Crippen molar-refractivity contribution in [1.82, 2.24) is 15.0 Å². The number of urea groups is 1. The molecular weight excluding hydrogens is 516 g/mol. The Morgan fingerprint density at radius 1 is 1.24 bits per heavy atom. The number of aromatic amines is 1. The predicted octanol–water partition coefficient (Wildman–Crippen LogP) is 4.53. The van der Waals surface area contributed by atoms with E-state index in [4.69, 9.17) is 10.1 Å². The first kappa shape index (κ1) is 26.5. The Kier molecular flexibility index (Phi) is 8.03. The van der Waals surface area contributed by atoms with Gasteiger partial charge in [-0.05, 0) is 38.8 Å². The number of hydrogen-bond donors (Lipinski definition) is 4. The number of Topliss-reactive ketones (excluding diaryl/α,β-unsaturated/α-hetero) is 1. The molecule has 3 aromatic rings. The molecule has 11 nitrogen and oxygen atoms in total. The summed E-state index contributed by atoms with van der Waals surface area (Å²) in [6.45, 7) is 3.88. The maximum atomic E-state index is 13.0. The maximum absolute atomic E-state index is 13.0. The van der Waals surface area contributed by atoms with Crippen molar-refractivity contribution in [2.24, 2.45) is 5.92 Å². The van der Waals surface area contributed by atoms with E-state index in [0.717, 1.165) is 42.6 Å². The van der Waals surface area contributed by atoms with Crippen LogP contribution in [0.25, 0.3) is 0 Å². The minimum absolute atomic E-state index is 0.0242. The lowest BCUT2D eigenvalue weighted by molar-refractivity contribution is 0.0923. The van der Waals surface area contributed by atoms with E-state index in [0.29, 0.717) is 11.3 Å². The first-order valence-corrected chi connectivity index (χ1v) is 14.4. The molecule has 196 valence electrons. The van der Waals surface area contributed by atoms with Gasteiger partial charge in [-0.1, -0.05) is 24.5 Å². The second kappa shape index (κ2) is 11.2. The van der Waals surface area contributed by atoms with E-state index < -0.39 is 21.6 Å². The summed E-state index contributed by atoms with van der Waals surface area (Å²) in [5.74, 6) is -0.636. The summed E-state index contributed by atoms with van der Waals surface area (Å²) in [4.78, 5) is 36.3. The first-order valence-electron chi connectivity index (χ1n) is 11.8. The molecule has 2 aromatic heterocycles. The predicted molar refractivity (Wildman–Crippen MR) is 140 cm³/mol. The van der Waals surface area contributed by atoms with Crippen molar-refractivity contribution in [1.29, 1.82) is 5.41 Å². The van der Waals surface area contributed by atoms with Crippen molar-refractivity contribution in [3.8, 4) is 0 Å². The van der Waals surface area contributed by atoms with Crippen molar-refractivity contribution in [2.45, 2.75) is 50.4 Å². The van der Waals surface area contributed by atoms with Crippen LogP contribution in [-0.4, -0.2) is 47.7 Å². The van der Waals surface area contributed by atoms with Crippen molar-refractivity contribution in [3.63, 3.8) is 0 Å². The molecule has 0 aliphatic heterocycles. The summed E-state index contributed by atoms with van der Waals surface area (Å²) in [6, 6.07) is 4.74. The van der Waals surface area contributed by atoms with Gasteiger partial charge in [0.15, 0.2) is 10.9 Å². The molecule has 13 heteroatoms. The standard InChI is InChI=1S/C24H28N6O5S2/c1-3-35-21(25)19-11-26-24(29-19)37(33,34)13-16-12-36-23(27-16)30-22(32)28-18-9-8-14(2)10-17(18)20(31)15-6-4-5-7-15/h8-12,15,25H,3-7,13H2,1-2H3,(H,26,29)(H2,27,28,30,32). The number of rotatable bonds is 9. The molecule has 2 heterocycles. The largest absolute Gasteiger partial charge is 0.477 e. The van der Waals surface area contributed by atoms with E-state index in [1.54, 1.807) is 19.1 Å². The fourth-order valence-electron chi connectivity index (χ4n) is 4.12. The second-order valence-electron chi connectivity index (χ2n) is 8.74. The van der Waals surface area contributed by atoms with Crippen molar-refractivity contribution < 1.29 is 22.7 Å². The number of sulfone groups is 1. The Balaban J connectivity index is 1.40. The molecule has 4 N–H and O–H groups in total. The van der Waals surface area contributed by atoms with Crippen LogP contribution >= 0.6 is 11.3 Å². The van der Waals surface area contributed by atoms with Gasteiger partial charge in [-0.25, -0.2) is 23.2 Å². The Hall–Kier alpha value is -3.58. The molecule has 4 rings (SSSR count). The smallest absolute Gasteiger partial charge is 0.325 e. The lowest BCUT2D eigenvalue weighted by Gasteiger charge is -2.14. The molecule has 0 spiro atoms. The normalized spacial score (nSPS) is 13.9. The third-order valence-electron chi connectivity index (χ3n) is 5.91. The Bertz CT molecular complexity index is 1420. The summed E-state index contributed by atoms with van der Waals surface area (Å²) in [6.07, 6.45) is 5.01. The fourth-order valence-corrected chi connectivity index (χ4v) is 6.09. The first-order chi connectivity index (χ1) is 17.7. The monoisotopic (exact) mass is 544 g/mol. The van der Waals surface area contributed by atoms with E-state index in [1.807, 2.05) is 13.0 Å². The van der Waals surface area contributed by atoms with Gasteiger partial charge in [0.05, 0.1) is 24.2 Å². The van der Waals surface area contributed by atoms with Crippen molar-refractivity contribution in [3.05, 3.63) is 52.3 Å². The third-order valence-corrected chi connectivity index (χ3v) is 8.18. The lowest BCUT2D eigenvalue weighted by Crippen LogP contribution is -2.22. The number of carbonyl (C=O) groups is 2. The van der Waals surface area contributed by atoms with E-state index in [9.17, 15) is 18.0 Å². The highest BCUT2D eigenvalue weighted by Crippen LogP contribution is 2.31. The average molecular weight is 545 g/mol. The molecule has 37 heavy (non-hydrogen) atoms. The molecule has 0 atom stereocenters. The molecule has 0 unspecified atom stereocenters. The number of ether oxygens (including phenoxy) is 1. The van der Waals surface area contributed by atoms with Crippen LogP contribution in [0.3, 0.4) is 0 Å². The molecule has 1 aromatic carbocycles. The number of benzene rings is 1. The van der Waals surface area contributed by atoms with E-state index in [2.05, 4.69) is 25.6 Å². The number of imidazole rings is 1. The average Bonchev–Trinajstić information content (AvgIpc) is 3.62. The van der Waals surface area contributed by atoms with Crippen molar-refractivity contribution >= 4 is 49.7 Å². The minimum Gasteiger partial charge on any atom is -0.477 e. The van der Waals surface area contributed by atoms with E-state index >= 15 is 0 Å². The van der Waals surface area contributed by atoms with Gasteiger partial charge < -0.3 is 15.0 Å². The van der Waals surface area contributed by atoms with Gasteiger partial charge in [-0.3, -0.25) is 15.5 Å². The SMILES string of the molecule is CCOC(=N)c1cnc(S(=O)(=O)Cc2csc(NC(=O)Nc3ccc(C)cc3C(=O)C3CCCC3)n2)[nH]1. The highest BCUT2D eigenvalue weighted by molar-refractivity contribution is 7.90. The number of hydrogen-bond acceptors (Lipinski definition) is 9. The fraction of sp³-hybridized carbons (Fsp3) is 0.375. The molecule has 1 fully saturated rings. The Morgan fingerprint density at radius 2 is 2.00 bits per heavy atom. The molecule has 1 aliphatic carbocycles. The van der Waals surface area contributed by atoms with Crippen molar-refractivity contribution in [2.75, 3.05) is 17.2 Å². The van der Waals surface area contributed by atoms with E-state index in [1.165, 1.54) is 11.6 Å². The van der Waals surface area contributed by atoms with E-state index in [-0.39, 0.29) is 45.9 Å². The summed E-state index contributed by atoms with van der Waals surface area (Å²) < 4.78 is 30.5. The molecule has 0 bridgehead atoms. The quantitative estimate of drug-likeness (QED) is 0.174. The van der Waals surface area contributed by atoms with Gasteiger partial charge in [0.1, 0.15) is 11.4 Å². The van der Waals surface area contributed by atoms with Crippen LogP contribution in [0.1, 0.15) is 59.9 Å². The van der Waals surface area contributed by atoms with Gasteiger partial charge >= 0.3 is 6.03 Å². The zero-order chi connectivity index (χ0) is 26.6. The molecular formula is C24H28N6O5S2. The van der Waals surface area contributed by atoms with Crippen LogP contribution in [-0.2, 0) is 20.3 Å². The van der Waals surface area contributed by atoms with Crippen LogP contribution in [0, 0.1) is 18.3 Å². The third kappa shape index (κ3) is 6.41. The number of amides is 2. The lowest BCUT2D eigenvalue weighted by atomic mass is 9.94. The molecule has 1 aliphatic rings. The van der Waals surface area contributed by atoms with Gasteiger partial charge in [-0.2, -0.15) is 0 Å². The summed E-state index contributed by atoms with van der Waals surface area (Å²) in [7, 11) is -3.87.